The van der Waals surface area contributed by atoms with Gasteiger partial charge in [0.15, 0.2) is 11.0 Å². The van der Waals surface area contributed by atoms with Gasteiger partial charge in [-0.2, -0.15) is 13.2 Å². The molecule has 0 radical (unpaired) electrons. The van der Waals surface area contributed by atoms with Gasteiger partial charge >= 0.3 is 12.3 Å². The van der Waals surface area contributed by atoms with Gasteiger partial charge in [0.25, 0.3) is 0 Å². The molecule has 3 aliphatic heterocycles. The smallest absolute Gasteiger partial charge is 0.418 e. The van der Waals surface area contributed by atoms with E-state index >= 15 is 17.6 Å². The lowest BCUT2D eigenvalue weighted by molar-refractivity contribution is -0.140. The normalized spacial score (nSPS) is 18.6. The quantitative estimate of drug-likeness (QED) is 0.0665. The topological polar surface area (TPSA) is 89.5 Å². The molecule has 4 aromatic rings. The minimum Gasteiger partial charge on any atom is -0.497 e. The zero-order valence-electron chi connectivity index (χ0n) is 35.5. The summed E-state index contributed by atoms with van der Waals surface area (Å²) in [7, 11) is 3.11. The summed E-state index contributed by atoms with van der Waals surface area (Å²) in [5.41, 5.74) is -0.100. The molecule has 0 aliphatic carbocycles. The third-order valence-corrected chi connectivity index (χ3v) is 11.7. The maximum Gasteiger partial charge on any atom is 0.418 e. The minimum atomic E-state index is -4.97. The molecule has 3 aliphatic rings. The predicted molar refractivity (Wildman–Crippen MR) is 227 cm³/mol. The van der Waals surface area contributed by atoms with Gasteiger partial charge in [-0.3, -0.25) is 4.90 Å². The van der Waals surface area contributed by atoms with E-state index in [-0.39, 0.29) is 55.5 Å². The summed E-state index contributed by atoms with van der Waals surface area (Å²) in [6, 6.07) is 15.5. The van der Waals surface area contributed by atoms with Gasteiger partial charge in [0, 0.05) is 55.7 Å². The van der Waals surface area contributed by atoms with Crippen LogP contribution in [0.2, 0.25) is 0 Å². The molecule has 1 aromatic heterocycles. The van der Waals surface area contributed by atoms with E-state index in [9.17, 15) is 4.79 Å². The van der Waals surface area contributed by atoms with E-state index in [0.717, 1.165) is 24.0 Å². The lowest BCUT2D eigenvalue weighted by Gasteiger charge is -2.42. The summed E-state index contributed by atoms with van der Waals surface area (Å²) >= 11 is 1.31. The van der Waals surface area contributed by atoms with Gasteiger partial charge in [0.2, 0.25) is 0 Å². The van der Waals surface area contributed by atoms with Gasteiger partial charge in [-0.15, -0.1) is 0 Å². The van der Waals surface area contributed by atoms with Crippen molar-refractivity contribution >= 4 is 29.4 Å². The number of alkyl halides is 3. The Hall–Kier alpha value is -5.20. The van der Waals surface area contributed by atoms with Crippen LogP contribution in [0.1, 0.15) is 92.1 Å². The van der Waals surface area contributed by atoms with Crippen LogP contribution in [-0.4, -0.2) is 72.2 Å². The molecular formula is C46H51F4N5O5S. The Balaban J connectivity index is 1.30. The molecule has 2 fully saturated rings. The van der Waals surface area contributed by atoms with Crippen LogP contribution in [0.5, 0.6) is 11.5 Å². The first-order chi connectivity index (χ1) is 29.1. The second kappa shape index (κ2) is 18.0. The molecule has 3 atom stereocenters. The molecule has 10 nitrogen and oxygen atoms in total. The lowest BCUT2D eigenvalue weighted by Crippen LogP contribution is -2.57. The van der Waals surface area contributed by atoms with Gasteiger partial charge in [0.05, 0.1) is 56.0 Å². The highest BCUT2D eigenvalue weighted by Crippen LogP contribution is 2.46. The number of anilines is 2. The monoisotopic (exact) mass is 861 g/mol. The highest BCUT2D eigenvalue weighted by Gasteiger charge is 2.46. The van der Waals surface area contributed by atoms with Crippen LogP contribution in [0.15, 0.2) is 59.8 Å². The number of fused-ring (bicyclic) bond motifs is 3. The Morgan fingerprint density at radius 2 is 1.54 bits per heavy atom. The summed E-state index contributed by atoms with van der Waals surface area (Å²) in [6.45, 7) is 8.41. The van der Waals surface area contributed by atoms with E-state index < -0.39 is 34.8 Å². The molecule has 0 spiro atoms. The number of thioether (sulfide) groups is 1. The number of methoxy groups -OCH3 is 2. The molecule has 3 unspecified atom stereocenters. The average Bonchev–Trinajstić information content (AvgIpc) is 3.50. The maximum absolute atomic E-state index is 17.6. The third kappa shape index (κ3) is 9.65. The third-order valence-electron chi connectivity index (χ3n) is 11.1. The Labute approximate surface area is 358 Å². The number of ether oxygens (including phenoxy) is 4. The van der Waals surface area contributed by atoms with Crippen molar-refractivity contribution < 1.29 is 41.3 Å². The number of piperazine rings is 1. The number of rotatable bonds is 10. The van der Waals surface area contributed by atoms with Crippen LogP contribution in [0.3, 0.4) is 0 Å². The predicted octanol–water partition coefficient (Wildman–Crippen LogP) is 9.74. The SMILES string of the molecule is CCC#Cc1cc(N(Cc2ccc(OC)cc2)Cc2ccc(OC)cc2)c(F)c(C2Cc3nc(SC)nc(N4CC5CCC(C4)N5C(=O)OC(C)(C)C)c3CO2)c1C(F)(F)F. The lowest BCUT2D eigenvalue weighted by atomic mass is 9.90. The van der Waals surface area contributed by atoms with E-state index in [2.05, 4.69) is 16.7 Å². The summed E-state index contributed by atoms with van der Waals surface area (Å²) in [5.74, 6) is 6.37. The van der Waals surface area contributed by atoms with Crippen molar-refractivity contribution in [3.8, 4) is 23.3 Å². The van der Waals surface area contributed by atoms with Crippen molar-refractivity contribution in [2.24, 2.45) is 0 Å². The van der Waals surface area contributed by atoms with Gasteiger partial charge < -0.3 is 28.7 Å². The number of benzene rings is 3. The fraction of sp³-hybridized carbons (Fsp3) is 0.457. The van der Waals surface area contributed by atoms with Crippen molar-refractivity contribution in [3.63, 3.8) is 0 Å². The number of aromatic nitrogens is 2. The summed E-state index contributed by atoms with van der Waals surface area (Å²) in [6.07, 6.45) is -3.09. The molecular weight excluding hydrogens is 811 g/mol. The number of nitrogens with zero attached hydrogens (tertiary/aromatic N) is 5. The Bertz CT molecular complexity index is 2230. The molecule has 4 heterocycles. The number of amides is 1. The second-order valence-electron chi connectivity index (χ2n) is 16.4. The number of hydrogen-bond acceptors (Lipinski definition) is 10. The van der Waals surface area contributed by atoms with Crippen LogP contribution in [0.25, 0.3) is 0 Å². The maximum atomic E-state index is 17.6. The molecule has 3 aromatic carbocycles. The first-order valence-electron chi connectivity index (χ1n) is 20.4. The van der Waals surface area contributed by atoms with Crippen LogP contribution in [0, 0.1) is 17.7 Å². The van der Waals surface area contributed by atoms with E-state index in [1.54, 1.807) is 50.3 Å². The van der Waals surface area contributed by atoms with Crippen molar-refractivity contribution in [1.29, 1.82) is 0 Å². The molecule has 0 N–H and O–H groups in total. The Kier molecular flexibility index (Phi) is 13.0. The van der Waals surface area contributed by atoms with E-state index in [1.165, 1.54) is 17.8 Å². The summed E-state index contributed by atoms with van der Waals surface area (Å²) in [5, 5.41) is 0.432. The summed E-state index contributed by atoms with van der Waals surface area (Å²) < 4.78 is 86.7. The highest BCUT2D eigenvalue weighted by atomic mass is 32.2. The molecule has 2 saturated heterocycles. The second-order valence-corrected chi connectivity index (χ2v) is 17.2. The highest BCUT2D eigenvalue weighted by molar-refractivity contribution is 7.98. The first kappa shape index (κ1) is 43.9. The molecule has 0 saturated carbocycles. The number of hydrogen-bond donors (Lipinski definition) is 0. The Morgan fingerprint density at radius 1 is 0.951 bits per heavy atom. The zero-order chi connectivity index (χ0) is 43.6. The van der Waals surface area contributed by atoms with Gasteiger partial charge in [-0.1, -0.05) is 54.8 Å². The van der Waals surface area contributed by atoms with Crippen LogP contribution in [0.4, 0.5) is 33.9 Å². The summed E-state index contributed by atoms with van der Waals surface area (Å²) in [4.78, 5) is 28.6. The van der Waals surface area contributed by atoms with E-state index in [0.29, 0.717) is 53.2 Å². The molecule has 15 heteroatoms. The van der Waals surface area contributed by atoms with Gasteiger partial charge in [-0.25, -0.2) is 19.2 Å². The molecule has 61 heavy (non-hydrogen) atoms. The Morgan fingerprint density at radius 3 is 2.05 bits per heavy atom. The van der Waals surface area contributed by atoms with E-state index in [4.69, 9.17) is 28.9 Å². The van der Waals surface area contributed by atoms with Crippen LogP contribution >= 0.6 is 11.8 Å². The molecule has 324 valence electrons. The van der Waals surface area contributed by atoms with Crippen molar-refractivity contribution in [3.05, 3.63) is 99.5 Å². The van der Waals surface area contributed by atoms with Gasteiger partial charge in [-0.05, 0) is 81.3 Å². The fourth-order valence-corrected chi connectivity index (χ4v) is 8.75. The van der Waals surface area contributed by atoms with Crippen molar-refractivity contribution in [2.75, 3.05) is 43.4 Å². The minimum absolute atomic E-state index is 0.0454. The first-order valence-corrected chi connectivity index (χ1v) is 21.6. The van der Waals surface area contributed by atoms with Gasteiger partial charge in [0.1, 0.15) is 22.9 Å². The van der Waals surface area contributed by atoms with Crippen LogP contribution in [-0.2, 0) is 41.8 Å². The molecule has 2 bridgehead atoms. The molecule has 1 amide bonds. The number of carbonyl (C=O) groups is 1. The fourth-order valence-electron chi connectivity index (χ4n) is 8.37. The van der Waals surface area contributed by atoms with Crippen molar-refractivity contribution in [2.45, 2.75) is 108 Å². The largest absolute Gasteiger partial charge is 0.497 e. The van der Waals surface area contributed by atoms with Crippen LogP contribution < -0.4 is 19.3 Å². The number of carbonyl (C=O) groups excluding carboxylic acids is 1. The number of halogens is 4. The zero-order valence-corrected chi connectivity index (χ0v) is 36.3. The average molecular weight is 862 g/mol. The standard InChI is InChI=1S/C46H51F4N5O5S/c1-8-9-10-30-21-37(53(23-28-11-17-33(57-5)18-12-28)24-29-13-19-34(58-6)20-14-29)41(47)39(40(30)46(48,49)50)38-22-36-35(27-59-38)42(52-43(51-36)61-7)54-25-31-15-16-32(26-54)55(31)44(56)60-45(2,3)4/h11-14,17-21,31-32,38H,8,15-16,22-27H2,1-7H3. The molecule has 7 rings (SSSR count). The van der Waals surface area contributed by atoms with Crippen molar-refractivity contribution in [1.82, 2.24) is 14.9 Å². The van der Waals surface area contributed by atoms with E-state index in [1.807, 2.05) is 56.2 Å².